The van der Waals surface area contributed by atoms with Crippen molar-refractivity contribution in [3.05, 3.63) is 69.5 Å². The Morgan fingerprint density at radius 3 is 2.67 bits per heavy atom. The number of nitrogens with two attached hydrogens (primary N) is 1. The summed E-state index contributed by atoms with van der Waals surface area (Å²) in [6, 6.07) is 0. The third kappa shape index (κ3) is 3.66. The Bertz CT molecular complexity index is 1350. The molecule has 0 aromatic heterocycles. The van der Waals surface area contributed by atoms with E-state index in [0.717, 1.165) is 91.6 Å². The summed E-state index contributed by atoms with van der Waals surface area (Å²) in [7, 11) is 0. The van der Waals surface area contributed by atoms with E-state index < -0.39 is 5.41 Å². The van der Waals surface area contributed by atoms with Gasteiger partial charge in [-0.2, -0.15) is 0 Å². The largest absolute Gasteiger partial charge is 0.427 e. The molecule has 2 saturated carbocycles. The van der Waals surface area contributed by atoms with Gasteiger partial charge in [-0.1, -0.05) is 44.8 Å². The zero-order valence-corrected chi connectivity index (χ0v) is 23.9. The van der Waals surface area contributed by atoms with Gasteiger partial charge in [-0.3, -0.25) is 0 Å². The van der Waals surface area contributed by atoms with E-state index in [0.29, 0.717) is 24.7 Å². The molecular formula is C34H42N2O4. The topological polar surface area (TPSA) is 90.7 Å². The van der Waals surface area contributed by atoms with Crippen LogP contribution in [0.25, 0.3) is 0 Å². The van der Waals surface area contributed by atoms with Crippen molar-refractivity contribution in [3.8, 4) is 0 Å². The highest BCUT2D eigenvalue weighted by Crippen LogP contribution is 2.71. The van der Waals surface area contributed by atoms with Crippen molar-refractivity contribution < 1.29 is 19.1 Å². The number of cyclic esters (lactones) is 2. The van der Waals surface area contributed by atoms with Crippen LogP contribution in [0.5, 0.6) is 0 Å². The van der Waals surface area contributed by atoms with Crippen molar-refractivity contribution in [2.45, 2.75) is 90.9 Å². The van der Waals surface area contributed by atoms with Crippen molar-refractivity contribution in [2.75, 3.05) is 6.54 Å². The number of carbonyl (C=O) groups is 2. The third-order valence-electron chi connectivity index (χ3n) is 11.2. The SMILES string of the molecule is CCCC=C1OC(=O)C2=C(CC3=CCNC(N)=C3)C3CCC12C1C2=C(CCC31)C(=CC1(CC)CCCC1)OC2=O. The number of ether oxygens (including phenoxy) is 2. The zero-order valence-electron chi connectivity index (χ0n) is 23.9. The lowest BCUT2D eigenvalue weighted by Crippen LogP contribution is -2.52. The number of hydrogen-bond donors (Lipinski definition) is 2. The molecular weight excluding hydrogens is 500 g/mol. The summed E-state index contributed by atoms with van der Waals surface area (Å²) in [6.45, 7) is 5.11. The zero-order chi connectivity index (χ0) is 27.6. The molecule has 0 amide bonds. The fourth-order valence-electron chi connectivity index (χ4n) is 9.42. The van der Waals surface area contributed by atoms with E-state index >= 15 is 0 Å². The second kappa shape index (κ2) is 9.53. The number of dihydropyridines is 1. The molecule has 3 N–H and O–H groups in total. The van der Waals surface area contributed by atoms with Gasteiger partial charge < -0.3 is 20.5 Å². The fraction of sp³-hybridized carbons (Fsp3) is 0.588. The highest BCUT2D eigenvalue weighted by molar-refractivity contribution is 6.00. The average Bonchev–Trinajstić information content (AvgIpc) is 3.63. The van der Waals surface area contributed by atoms with Gasteiger partial charge in [0.25, 0.3) is 0 Å². The monoisotopic (exact) mass is 542 g/mol. The minimum absolute atomic E-state index is 0.0644. The molecule has 3 aliphatic heterocycles. The molecule has 0 aromatic carbocycles. The number of fused-ring (bicyclic) bond motifs is 1. The highest BCUT2D eigenvalue weighted by Gasteiger charge is 2.68. The maximum Gasteiger partial charge on any atom is 0.340 e. The summed E-state index contributed by atoms with van der Waals surface area (Å²) in [6.07, 6.45) is 20.8. The van der Waals surface area contributed by atoms with Gasteiger partial charge >= 0.3 is 11.9 Å². The van der Waals surface area contributed by atoms with Gasteiger partial charge in [0, 0.05) is 23.6 Å². The smallest absolute Gasteiger partial charge is 0.340 e. The number of carbonyl (C=O) groups excluding carboxylic acids is 2. The van der Waals surface area contributed by atoms with E-state index in [2.05, 4.69) is 37.4 Å². The van der Waals surface area contributed by atoms with Crippen LogP contribution in [0.3, 0.4) is 0 Å². The van der Waals surface area contributed by atoms with Crippen LogP contribution in [0.2, 0.25) is 0 Å². The molecule has 8 aliphatic rings. The van der Waals surface area contributed by atoms with E-state index in [1.807, 2.05) is 6.08 Å². The van der Waals surface area contributed by atoms with Gasteiger partial charge in [-0.15, -0.1) is 0 Å². The number of unbranched alkanes of at least 4 members (excludes halogenated alkanes) is 1. The van der Waals surface area contributed by atoms with Gasteiger partial charge in [0.05, 0.1) is 16.8 Å². The molecule has 0 radical (unpaired) electrons. The molecule has 40 heavy (non-hydrogen) atoms. The number of rotatable bonds is 6. The summed E-state index contributed by atoms with van der Waals surface area (Å²) in [5.74, 6) is 2.37. The van der Waals surface area contributed by atoms with Gasteiger partial charge in [0.2, 0.25) is 0 Å². The van der Waals surface area contributed by atoms with Crippen LogP contribution >= 0.6 is 0 Å². The Balaban J connectivity index is 1.38. The average molecular weight is 543 g/mol. The molecule has 3 fully saturated rings. The molecule has 4 atom stereocenters. The Kier molecular flexibility index (Phi) is 6.17. The first-order valence-electron chi connectivity index (χ1n) is 15.7. The summed E-state index contributed by atoms with van der Waals surface area (Å²) in [5.41, 5.74) is 10.8. The van der Waals surface area contributed by atoms with E-state index in [4.69, 9.17) is 15.2 Å². The van der Waals surface area contributed by atoms with E-state index in [-0.39, 0.29) is 29.2 Å². The van der Waals surface area contributed by atoms with E-state index in [1.165, 1.54) is 18.4 Å². The number of allylic oxidation sites excluding steroid dienone is 7. The van der Waals surface area contributed by atoms with Crippen molar-refractivity contribution >= 4 is 11.9 Å². The van der Waals surface area contributed by atoms with Crippen LogP contribution in [-0.4, -0.2) is 18.5 Å². The first kappa shape index (κ1) is 25.9. The van der Waals surface area contributed by atoms with Gasteiger partial charge in [0.15, 0.2) is 0 Å². The lowest BCUT2D eigenvalue weighted by molar-refractivity contribution is -0.135. The molecule has 5 aliphatic carbocycles. The first-order chi connectivity index (χ1) is 19.4. The minimum Gasteiger partial charge on any atom is -0.427 e. The lowest BCUT2D eigenvalue weighted by Gasteiger charge is -2.56. The number of nitrogens with one attached hydrogen (secondary N) is 1. The molecule has 212 valence electrons. The van der Waals surface area contributed by atoms with Gasteiger partial charge in [0.1, 0.15) is 11.5 Å². The summed E-state index contributed by atoms with van der Waals surface area (Å²) in [5, 5.41) is 3.16. The molecule has 6 nitrogen and oxygen atoms in total. The van der Waals surface area contributed by atoms with Crippen LogP contribution in [0.1, 0.15) is 90.9 Å². The molecule has 6 heteroatoms. The minimum atomic E-state index is -0.574. The number of hydrogen-bond acceptors (Lipinski definition) is 6. The summed E-state index contributed by atoms with van der Waals surface area (Å²) < 4.78 is 12.3. The van der Waals surface area contributed by atoms with Crippen molar-refractivity contribution in [2.24, 2.45) is 34.3 Å². The van der Waals surface area contributed by atoms with Crippen LogP contribution in [0, 0.1) is 28.6 Å². The summed E-state index contributed by atoms with van der Waals surface area (Å²) >= 11 is 0. The van der Waals surface area contributed by atoms with Gasteiger partial charge in [-0.05, 0) is 98.8 Å². The fourth-order valence-corrected chi connectivity index (χ4v) is 9.42. The molecule has 3 heterocycles. The lowest BCUT2D eigenvalue weighted by atomic mass is 9.44. The molecule has 4 unspecified atom stereocenters. The molecule has 0 aromatic rings. The van der Waals surface area contributed by atoms with Crippen molar-refractivity contribution in [1.29, 1.82) is 0 Å². The van der Waals surface area contributed by atoms with Gasteiger partial charge in [-0.25, -0.2) is 9.59 Å². The molecule has 8 rings (SSSR count). The predicted molar refractivity (Wildman–Crippen MR) is 153 cm³/mol. The number of esters is 2. The van der Waals surface area contributed by atoms with Crippen LogP contribution in [-0.2, 0) is 19.1 Å². The Hall–Kier alpha value is -3.02. The Labute approximate surface area is 237 Å². The van der Waals surface area contributed by atoms with E-state index in [1.54, 1.807) is 0 Å². The van der Waals surface area contributed by atoms with Crippen molar-refractivity contribution in [1.82, 2.24) is 5.32 Å². The molecule has 1 saturated heterocycles. The van der Waals surface area contributed by atoms with E-state index in [9.17, 15) is 9.59 Å². The van der Waals surface area contributed by atoms with Crippen LogP contribution in [0.15, 0.2) is 69.5 Å². The van der Waals surface area contributed by atoms with Crippen molar-refractivity contribution in [3.63, 3.8) is 0 Å². The summed E-state index contributed by atoms with van der Waals surface area (Å²) in [4.78, 5) is 27.6. The Morgan fingerprint density at radius 1 is 1.10 bits per heavy atom. The quantitative estimate of drug-likeness (QED) is 0.378. The molecule has 1 spiro atoms. The highest BCUT2D eigenvalue weighted by atomic mass is 16.5. The van der Waals surface area contributed by atoms with Crippen LogP contribution < -0.4 is 11.1 Å². The second-order valence-electron chi connectivity index (χ2n) is 13.1. The molecule has 2 bridgehead atoms. The standard InChI is InChI=1S/C34H42N2O4/c1-3-5-8-26-34-15-11-21(24(30(34)32(38)40-26)17-20-12-16-36-27(35)18-20)22-9-10-23-25(39-31(37)28(23)29(22)34)19-33(4-2)13-6-7-14-33/h8,12,18-19,21-22,29,36H,3-7,9-11,13-17,35H2,1-2H3. The third-order valence-corrected chi connectivity index (χ3v) is 11.2. The first-order valence-corrected chi connectivity index (χ1v) is 15.7. The Morgan fingerprint density at radius 2 is 1.93 bits per heavy atom. The maximum absolute atomic E-state index is 13.8. The predicted octanol–water partition coefficient (Wildman–Crippen LogP) is 6.39. The normalized spacial score (nSPS) is 35.8. The second-order valence-corrected chi connectivity index (χ2v) is 13.1. The van der Waals surface area contributed by atoms with Crippen LogP contribution in [0.4, 0.5) is 0 Å². The maximum atomic E-state index is 13.8.